The van der Waals surface area contributed by atoms with Gasteiger partial charge < -0.3 is 14.5 Å². The van der Waals surface area contributed by atoms with Crippen molar-refractivity contribution in [2.75, 3.05) is 5.32 Å². The molecule has 0 atom stereocenters. The smallest absolute Gasteiger partial charge is 0.406 e. The maximum absolute atomic E-state index is 12.3. The van der Waals surface area contributed by atoms with Crippen molar-refractivity contribution in [2.45, 2.75) is 20.2 Å². The molecule has 0 unspecified atom stereocenters. The van der Waals surface area contributed by atoms with Gasteiger partial charge in [0.15, 0.2) is 0 Å². The van der Waals surface area contributed by atoms with Crippen LogP contribution in [0.2, 0.25) is 0 Å². The number of aryl methyl sites for hydroxylation is 2. The lowest BCUT2D eigenvalue weighted by Gasteiger charge is -2.10. The Kier molecular flexibility index (Phi) is 6.97. The van der Waals surface area contributed by atoms with E-state index in [0.29, 0.717) is 16.9 Å². The Hall–Kier alpha value is -3.99. The van der Waals surface area contributed by atoms with Crippen LogP contribution in [0.1, 0.15) is 16.7 Å². The molecule has 0 aliphatic carbocycles. The molecule has 0 saturated heterocycles. The summed E-state index contributed by atoms with van der Waals surface area (Å²) in [4.78, 5) is 16.6. The van der Waals surface area contributed by atoms with Gasteiger partial charge in [-0.05, 0) is 61.4 Å². The van der Waals surface area contributed by atoms with E-state index in [1.807, 2.05) is 38.1 Å². The van der Waals surface area contributed by atoms with Crippen LogP contribution in [0.25, 0.3) is 16.9 Å². The summed E-state index contributed by atoms with van der Waals surface area (Å²) in [7, 11) is 0. The molecule has 0 bridgehead atoms. The fraction of sp³-hybridized carbons (Fsp3) is 0.125. The number of carbonyl (C=O) groups excluding carboxylic acids is 1. The van der Waals surface area contributed by atoms with Crippen LogP contribution in [-0.2, 0) is 0 Å². The van der Waals surface area contributed by atoms with Crippen LogP contribution in [0.3, 0.4) is 0 Å². The number of rotatable bonds is 6. The second kappa shape index (κ2) is 10.1. The van der Waals surface area contributed by atoms with Crippen molar-refractivity contribution in [3.63, 3.8) is 0 Å². The molecule has 0 saturated carbocycles. The number of hydrogen-bond donors (Lipinski definition) is 2. The highest BCUT2D eigenvalue weighted by Gasteiger charge is 2.31. The normalized spacial score (nSPS) is 11.7. The number of aromatic nitrogens is 2. The molecule has 0 aliphatic heterocycles. The molecule has 4 rings (SSSR count). The van der Waals surface area contributed by atoms with Crippen LogP contribution < -0.4 is 14.8 Å². The highest BCUT2D eigenvalue weighted by molar-refractivity contribution is 7.96. The Morgan fingerprint density at radius 2 is 1.77 bits per heavy atom. The third-order valence-corrected chi connectivity index (χ3v) is 5.46. The molecule has 0 fully saturated rings. The van der Waals surface area contributed by atoms with Crippen LogP contribution in [0, 0.1) is 13.8 Å². The van der Waals surface area contributed by atoms with Crippen LogP contribution in [0.15, 0.2) is 71.4 Å². The summed E-state index contributed by atoms with van der Waals surface area (Å²) >= 11 is 0.890. The lowest BCUT2D eigenvalue weighted by molar-refractivity contribution is -0.274. The molecule has 35 heavy (non-hydrogen) atoms. The van der Waals surface area contributed by atoms with Crippen molar-refractivity contribution < 1.29 is 22.7 Å². The third kappa shape index (κ3) is 6.33. The topological polar surface area (TPSA) is 80.0 Å². The number of benzene rings is 2. The summed E-state index contributed by atoms with van der Waals surface area (Å²) in [5, 5.41) is 2.81. The molecule has 2 aromatic carbocycles. The highest BCUT2D eigenvalue weighted by atomic mass is 32.2. The van der Waals surface area contributed by atoms with E-state index in [0.717, 1.165) is 34.5 Å². The van der Waals surface area contributed by atoms with E-state index in [1.54, 1.807) is 29.1 Å². The Morgan fingerprint density at radius 3 is 2.46 bits per heavy atom. The van der Waals surface area contributed by atoms with Crippen molar-refractivity contribution >= 4 is 35.7 Å². The SMILES string of the molecule is Cc1cccc(C)c1NC(=O)NSN=Cc1ccc2nc(-c3ccc(OC(F)(F)F)cc3)cn2c1. The second-order valence-electron chi connectivity index (χ2n) is 7.58. The van der Waals surface area contributed by atoms with Gasteiger partial charge in [0.05, 0.1) is 17.8 Å². The Bertz CT molecular complexity index is 1360. The first kappa shape index (κ1) is 24.1. The molecule has 2 amide bonds. The molecule has 0 aliphatic rings. The zero-order valence-electron chi connectivity index (χ0n) is 18.6. The van der Waals surface area contributed by atoms with E-state index < -0.39 is 6.36 Å². The zero-order chi connectivity index (χ0) is 25.0. The van der Waals surface area contributed by atoms with Gasteiger partial charge in [-0.3, -0.25) is 4.72 Å². The zero-order valence-corrected chi connectivity index (χ0v) is 19.4. The molecule has 2 heterocycles. The van der Waals surface area contributed by atoms with E-state index in [9.17, 15) is 18.0 Å². The van der Waals surface area contributed by atoms with Gasteiger partial charge in [-0.1, -0.05) is 18.2 Å². The molecule has 180 valence electrons. The molecular formula is C24H20F3N5O2S. The first-order chi connectivity index (χ1) is 16.7. The lowest BCUT2D eigenvalue weighted by Crippen LogP contribution is -2.23. The number of anilines is 1. The standard InChI is InChI=1S/C24H20F3N5O2S/c1-15-4-3-5-16(2)22(15)30-23(33)31-35-28-12-17-6-11-21-29-20(14-32(21)13-17)18-7-9-19(10-8-18)34-24(25,26)27/h3-14H,1-2H3,(H2,30,31,33). The highest BCUT2D eigenvalue weighted by Crippen LogP contribution is 2.26. The van der Waals surface area contributed by atoms with Gasteiger partial charge in [0.25, 0.3) is 0 Å². The average molecular weight is 500 g/mol. The number of hydrogen-bond acceptors (Lipinski definition) is 5. The summed E-state index contributed by atoms with van der Waals surface area (Å²) in [5.41, 5.74) is 5.36. The first-order valence-electron chi connectivity index (χ1n) is 10.4. The van der Waals surface area contributed by atoms with E-state index in [2.05, 4.69) is 24.2 Å². The number of imidazole rings is 1. The van der Waals surface area contributed by atoms with E-state index in [1.165, 1.54) is 24.3 Å². The summed E-state index contributed by atoms with van der Waals surface area (Å²) < 4.78 is 49.5. The number of urea groups is 1. The number of amides is 2. The van der Waals surface area contributed by atoms with E-state index >= 15 is 0 Å². The quantitative estimate of drug-likeness (QED) is 0.240. The van der Waals surface area contributed by atoms with Gasteiger partial charge in [0, 0.05) is 35.4 Å². The number of para-hydroxylation sites is 1. The second-order valence-corrected chi connectivity index (χ2v) is 8.17. The largest absolute Gasteiger partial charge is 0.573 e. The number of carbonyl (C=O) groups is 1. The van der Waals surface area contributed by atoms with Crippen molar-refractivity contribution in [1.29, 1.82) is 0 Å². The predicted molar refractivity (Wildman–Crippen MR) is 131 cm³/mol. The summed E-state index contributed by atoms with van der Waals surface area (Å²) in [5.74, 6) is -0.294. The van der Waals surface area contributed by atoms with Gasteiger partial charge in [-0.25, -0.2) is 14.2 Å². The van der Waals surface area contributed by atoms with Crippen LogP contribution in [0.5, 0.6) is 5.75 Å². The molecule has 0 spiro atoms. The van der Waals surface area contributed by atoms with Crippen molar-refractivity contribution in [3.8, 4) is 17.0 Å². The molecule has 0 radical (unpaired) electrons. The number of nitrogens with zero attached hydrogens (tertiary/aromatic N) is 3. The average Bonchev–Trinajstić information content (AvgIpc) is 3.22. The number of fused-ring (bicyclic) bond motifs is 1. The number of pyridine rings is 1. The first-order valence-corrected chi connectivity index (χ1v) is 11.1. The van der Waals surface area contributed by atoms with Crippen molar-refractivity contribution in [3.05, 3.63) is 83.7 Å². The van der Waals surface area contributed by atoms with E-state index in [4.69, 9.17) is 0 Å². The van der Waals surface area contributed by atoms with Crippen LogP contribution in [-0.4, -0.2) is 28.0 Å². The maximum Gasteiger partial charge on any atom is 0.573 e. The molecule has 7 nitrogen and oxygen atoms in total. The molecule has 4 aromatic rings. The van der Waals surface area contributed by atoms with Gasteiger partial charge in [0.1, 0.15) is 11.4 Å². The minimum atomic E-state index is -4.74. The third-order valence-electron chi connectivity index (χ3n) is 4.97. The molecule has 11 heteroatoms. The molecule has 2 aromatic heterocycles. The minimum Gasteiger partial charge on any atom is -0.406 e. The predicted octanol–water partition coefficient (Wildman–Crippen LogP) is 6.32. The Labute approximate surface area is 203 Å². The van der Waals surface area contributed by atoms with Gasteiger partial charge >= 0.3 is 12.4 Å². The fourth-order valence-electron chi connectivity index (χ4n) is 3.36. The summed E-state index contributed by atoms with van der Waals surface area (Å²) in [6, 6.07) is 14.5. The monoisotopic (exact) mass is 499 g/mol. The summed E-state index contributed by atoms with van der Waals surface area (Å²) in [6.07, 6.45) is 0.413. The van der Waals surface area contributed by atoms with Crippen LogP contribution >= 0.6 is 12.1 Å². The minimum absolute atomic E-state index is 0.294. The Balaban J connectivity index is 1.37. The van der Waals surface area contributed by atoms with Crippen molar-refractivity contribution in [1.82, 2.24) is 14.1 Å². The van der Waals surface area contributed by atoms with Gasteiger partial charge in [-0.15, -0.1) is 13.2 Å². The van der Waals surface area contributed by atoms with E-state index in [-0.39, 0.29) is 11.8 Å². The number of ether oxygens (including phenoxy) is 1. The van der Waals surface area contributed by atoms with Gasteiger partial charge in [-0.2, -0.15) is 0 Å². The van der Waals surface area contributed by atoms with Crippen molar-refractivity contribution in [2.24, 2.45) is 4.40 Å². The fourth-order valence-corrected chi connectivity index (χ4v) is 3.72. The summed E-state index contributed by atoms with van der Waals surface area (Å²) in [6.45, 7) is 3.84. The number of nitrogens with one attached hydrogen (secondary N) is 2. The lowest BCUT2D eigenvalue weighted by atomic mass is 10.1. The molecule has 2 N–H and O–H groups in total. The van der Waals surface area contributed by atoms with Gasteiger partial charge in [0.2, 0.25) is 0 Å². The Morgan fingerprint density at radius 1 is 1.06 bits per heavy atom. The van der Waals surface area contributed by atoms with Crippen LogP contribution in [0.4, 0.5) is 23.7 Å². The molecular weight excluding hydrogens is 479 g/mol. The maximum atomic E-state index is 12.3. The number of halogens is 3. The number of alkyl halides is 3.